The highest BCUT2D eigenvalue weighted by molar-refractivity contribution is 6.13. The molecule has 0 amide bonds. The first kappa shape index (κ1) is 13.1. The Morgan fingerprint density at radius 3 is 2.58 bits per heavy atom. The predicted octanol–water partition coefficient (Wildman–Crippen LogP) is 2.96. The highest BCUT2D eigenvalue weighted by atomic mass is 19.1. The van der Waals surface area contributed by atoms with Crippen molar-refractivity contribution in [1.82, 2.24) is 0 Å². The molecule has 0 aromatic heterocycles. The SMILES string of the molecule is COc1ccc(N)c(C(=O)c2cc(F)ccc2C)c1. The molecular weight excluding hydrogens is 245 g/mol. The lowest BCUT2D eigenvalue weighted by Gasteiger charge is -2.09. The number of aryl methyl sites for hydroxylation is 1. The maximum atomic E-state index is 13.3. The maximum Gasteiger partial charge on any atom is 0.195 e. The monoisotopic (exact) mass is 259 g/mol. The summed E-state index contributed by atoms with van der Waals surface area (Å²) in [5.74, 6) is -0.226. The predicted molar refractivity (Wildman–Crippen MR) is 72.0 cm³/mol. The van der Waals surface area contributed by atoms with E-state index in [-0.39, 0.29) is 5.78 Å². The molecule has 2 rings (SSSR count). The zero-order valence-electron chi connectivity index (χ0n) is 10.7. The Hall–Kier alpha value is -2.36. The lowest BCUT2D eigenvalue weighted by molar-refractivity contribution is 0.103. The average molecular weight is 259 g/mol. The lowest BCUT2D eigenvalue weighted by Crippen LogP contribution is -2.08. The van der Waals surface area contributed by atoms with E-state index in [2.05, 4.69) is 0 Å². The average Bonchev–Trinajstić information content (AvgIpc) is 2.41. The fraction of sp³-hybridized carbons (Fsp3) is 0.133. The quantitative estimate of drug-likeness (QED) is 0.681. The van der Waals surface area contributed by atoms with E-state index in [0.717, 1.165) is 0 Å². The normalized spacial score (nSPS) is 10.3. The molecule has 2 aromatic rings. The molecule has 0 radical (unpaired) electrons. The topological polar surface area (TPSA) is 52.3 Å². The van der Waals surface area contributed by atoms with Gasteiger partial charge in [-0.25, -0.2) is 4.39 Å². The van der Waals surface area contributed by atoms with Gasteiger partial charge >= 0.3 is 0 Å². The Morgan fingerprint density at radius 1 is 1.16 bits per heavy atom. The number of ether oxygens (including phenoxy) is 1. The Labute approximate surface area is 110 Å². The fourth-order valence-corrected chi connectivity index (χ4v) is 1.84. The van der Waals surface area contributed by atoms with Gasteiger partial charge in [-0.2, -0.15) is 0 Å². The van der Waals surface area contributed by atoms with Crippen molar-refractivity contribution in [2.75, 3.05) is 12.8 Å². The van der Waals surface area contributed by atoms with Gasteiger partial charge in [0.2, 0.25) is 0 Å². The van der Waals surface area contributed by atoms with Gasteiger partial charge in [-0.3, -0.25) is 4.79 Å². The number of benzene rings is 2. The molecule has 0 aliphatic heterocycles. The number of rotatable bonds is 3. The zero-order valence-corrected chi connectivity index (χ0v) is 10.7. The minimum absolute atomic E-state index is 0.306. The number of hydrogen-bond donors (Lipinski definition) is 1. The molecular formula is C15H14FNO2. The first-order valence-electron chi connectivity index (χ1n) is 5.77. The molecule has 0 saturated carbocycles. The molecule has 0 heterocycles. The van der Waals surface area contributed by atoms with Crippen molar-refractivity contribution in [3.8, 4) is 5.75 Å². The van der Waals surface area contributed by atoms with E-state index in [1.807, 2.05) is 0 Å². The highest BCUT2D eigenvalue weighted by Crippen LogP contribution is 2.24. The third-order valence-corrected chi connectivity index (χ3v) is 2.95. The molecule has 0 saturated heterocycles. The van der Waals surface area contributed by atoms with Crippen molar-refractivity contribution < 1.29 is 13.9 Å². The van der Waals surface area contributed by atoms with Crippen molar-refractivity contribution in [3.05, 3.63) is 58.9 Å². The Bertz CT molecular complexity index is 638. The van der Waals surface area contributed by atoms with Crippen LogP contribution >= 0.6 is 0 Å². The number of carbonyl (C=O) groups is 1. The largest absolute Gasteiger partial charge is 0.497 e. The van der Waals surface area contributed by atoms with E-state index in [1.54, 1.807) is 31.2 Å². The van der Waals surface area contributed by atoms with E-state index in [0.29, 0.717) is 28.1 Å². The molecule has 0 atom stereocenters. The number of methoxy groups -OCH3 is 1. The number of nitrogen functional groups attached to an aromatic ring is 1. The number of ketones is 1. The van der Waals surface area contributed by atoms with Gasteiger partial charge in [-0.15, -0.1) is 0 Å². The van der Waals surface area contributed by atoms with Crippen molar-refractivity contribution in [1.29, 1.82) is 0 Å². The summed E-state index contributed by atoms with van der Waals surface area (Å²) < 4.78 is 18.3. The van der Waals surface area contributed by atoms with Crippen LogP contribution in [0.2, 0.25) is 0 Å². The molecule has 0 aliphatic carbocycles. The van der Waals surface area contributed by atoms with E-state index >= 15 is 0 Å². The summed E-state index contributed by atoms with van der Waals surface area (Å²) in [6.45, 7) is 1.75. The van der Waals surface area contributed by atoms with Crippen LogP contribution in [0, 0.1) is 12.7 Å². The second kappa shape index (κ2) is 5.10. The van der Waals surface area contributed by atoms with Gasteiger partial charge < -0.3 is 10.5 Å². The molecule has 2 aromatic carbocycles. The van der Waals surface area contributed by atoms with Crippen molar-refractivity contribution >= 4 is 11.5 Å². The fourth-order valence-electron chi connectivity index (χ4n) is 1.84. The van der Waals surface area contributed by atoms with Crippen LogP contribution in [0.15, 0.2) is 36.4 Å². The molecule has 0 fully saturated rings. The minimum Gasteiger partial charge on any atom is -0.497 e. The molecule has 98 valence electrons. The summed E-state index contributed by atoms with van der Waals surface area (Å²) >= 11 is 0. The van der Waals surface area contributed by atoms with E-state index in [9.17, 15) is 9.18 Å². The maximum absolute atomic E-state index is 13.3. The van der Waals surface area contributed by atoms with Crippen LogP contribution in [0.1, 0.15) is 21.5 Å². The third kappa shape index (κ3) is 2.57. The Morgan fingerprint density at radius 2 is 1.89 bits per heavy atom. The first-order valence-corrected chi connectivity index (χ1v) is 5.77. The molecule has 0 spiro atoms. The lowest BCUT2D eigenvalue weighted by atomic mass is 9.97. The van der Waals surface area contributed by atoms with Crippen LogP contribution in [-0.4, -0.2) is 12.9 Å². The van der Waals surface area contributed by atoms with Gasteiger partial charge in [0.25, 0.3) is 0 Å². The number of nitrogens with two attached hydrogens (primary N) is 1. The second-order valence-corrected chi connectivity index (χ2v) is 4.24. The molecule has 0 unspecified atom stereocenters. The van der Waals surface area contributed by atoms with Gasteiger partial charge in [0.1, 0.15) is 11.6 Å². The van der Waals surface area contributed by atoms with Crippen molar-refractivity contribution in [2.24, 2.45) is 0 Å². The standard InChI is InChI=1S/C15H14FNO2/c1-9-3-4-10(16)7-12(9)15(18)13-8-11(19-2)5-6-14(13)17/h3-8H,17H2,1-2H3. The highest BCUT2D eigenvalue weighted by Gasteiger charge is 2.16. The van der Waals surface area contributed by atoms with E-state index in [1.165, 1.54) is 19.2 Å². The summed E-state index contributed by atoms with van der Waals surface area (Å²) in [7, 11) is 1.51. The first-order chi connectivity index (χ1) is 9.02. The van der Waals surface area contributed by atoms with Crippen LogP contribution in [-0.2, 0) is 0 Å². The number of hydrogen-bond acceptors (Lipinski definition) is 3. The van der Waals surface area contributed by atoms with Gasteiger partial charge in [0, 0.05) is 16.8 Å². The summed E-state index contributed by atoms with van der Waals surface area (Å²) in [6.07, 6.45) is 0. The summed E-state index contributed by atoms with van der Waals surface area (Å²) in [5.41, 5.74) is 7.46. The van der Waals surface area contributed by atoms with Gasteiger partial charge in [-0.05, 0) is 42.8 Å². The molecule has 4 heteroatoms. The van der Waals surface area contributed by atoms with Crippen molar-refractivity contribution in [3.63, 3.8) is 0 Å². The smallest absolute Gasteiger partial charge is 0.195 e. The molecule has 2 N–H and O–H groups in total. The summed E-state index contributed by atoms with van der Waals surface area (Å²) in [6, 6.07) is 8.93. The minimum atomic E-state index is -0.449. The van der Waals surface area contributed by atoms with Crippen LogP contribution in [0.25, 0.3) is 0 Å². The van der Waals surface area contributed by atoms with Gasteiger partial charge in [-0.1, -0.05) is 6.07 Å². The van der Waals surface area contributed by atoms with Crippen molar-refractivity contribution in [2.45, 2.75) is 6.92 Å². The van der Waals surface area contributed by atoms with E-state index < -0.39 is 5.82 Å². The van der Waals surface area contributed by atoms with Crippen LogP contribution in [0.3, 0.4) is 0 Å². The molecule has 3 nitrogen and oxygen atoms in total. The van der Waals surface area contributed by atoms with Gasteiger partial charge in [0.05, 0.1) is 7.11 Å². The van der Waals surface area contributed by atoms with Crippen LogP contribution in [0.4, 0.5) is 10.1 Å². The molecule has 0 bridgehead atoms. The zero-order chi connectivity index (χ0) is 14.0. The van der Waals surface area contributed by atoms with Gasteiger partial charge in [0.15, 0.2) is 5.78 Å². The number of halogens is 1. The van der Waals surface area contributed by atoms with Crippen LogP contribution < -0.4 is 10.5 Å². The summed E-state index contributed by atoms with van der Waals surface area (Å²) in [5, 5.41) is 0. The van der Waals surface area contributed by atoms with Crippen LogP contribution in [0.5, 0.6) is 5.75 Å². The van der Waals surface area contributed by atoms with E-state index in [4.69, 9.17) is 10.5 Å². The summed E-state index contributed by atoms with van der Waals surface area (Å²) in [4.78, 5) is 12.4. The molecule has 19 heavy (non-hydrogen) atoms. The Kier molecular flexibility index (Phi) is 3.51. The second-order valence-electron chi connectivity index (χ2n) is 4.24. The third-order valence-electron chi connectivity index (χ3n) is 2.95. The Balaban J connectivity index is 2.52. The number of anilines is 1. The number of carbonyl (C=O) groups excluding carboxylic acids is 1. The molecule has 0 aliphatic rings.